The Balaban J connectivity index is 1.90. The molecule has 6 heteroatoms. The fraction of sp³-hybridized carbons (Fsp3) is 0.231. The van der Waals surface area contributed by atoms with E-state index in [1.165, 1.54) is 11.8 Å². The Morgan fingerprint density at radius 3 is 3.11 bits per heavy atom. The van der Waals surface area contributed by atoms with Crippen LogP contribution in [0.5, 0.6) is 5.75 Å². The zero-order valence-corrected chi connectivity index (χ0v) is 11.7. The first kappa shape index (κ1) is 12.5. The van der Waals surface area contributed by atoms with Gasteiger partial charge in [-0.2, -0.15) is 0 Å². The van der Waals surface area contributed by atoms with Crippen molar-refractivity contribution in [3.8, 4) is 5.75 Å². The van der Waals surface area contributed by atoms with Crippen molar-refractivity contribution in [2.45, 2.75) is 6.42 Å². The van der Waals surface area contributed by atoms with Gasteiger partial charge in [0, 0.05) is 6.54 Å². The molecular formula is C13H12N2O2S2. The first-order valence-corrected chi connectivity index (χ1v) is 7.20. The van der Waals surface area contributed by atoms with E-state index < -0.39 is 0 Å². The van der Waals surface area contributed by atoms with Crippen LogP contribution in [-0.2, 0) is 4.79 Å². The maximum atomic E-state index is 11.6. The van der Waals surface area contributed by atoms with Crippen molar-refractivity contribution in [2.24, 2.45) is 0 Å². The lowest BCUT2D eigenvalue weighted by molar-refractivity contribution is -0.115. The minimum atomic E-state index is -0.130. The van der Waals surface area contributed by atoms with Gasteiger partial charge in [0.25, 0.3) is 5.91 Å². The molecule has 0 radical (unpaired) electrons. The summed E-state index contributed by atoms with van der Waals surface area (Å²) in [6.45, 7) is 1.62. The molecule has 1 saturated heterocycles. The molecule has 0 aliphatic carbocycles. The van der Waals surface area contributed by atoms with Crippen LogP contribution in [0.25, 0.3) is 6.08 Å². The third-order valence-corrected chi connectivity index (χ3v) is 4.00. The van der Waals surface area contributed by atoms with Crippen LogP contribution in [0.15, 0.2) is 23.1 Å². The van der Waals surface area contributed by atoms with Crippen molar-refractivity contribution in [1.29, 1.82) is 0 Å². The van der Waals surface area contributed by atoms with Gasteiger partial charge < -0.3 is 15.4 Å². The quantitative estimate of drug-likeness (QED) is 0.615. The number of benzene rings is 1. The Labute approximate surface area is 120 Å². The first-order chi connectivity index (χ1) is 9.22. The summed E-state index contributed by atoms with van der Waals surface area (Å²) in [4.78, 5) is 12.2. The van der Waals surface area contributed by atoms with E-state index in [-0.39, 0.29) is 5.91 Å². The largest absolute Gasteiger partial charge is 0.491 e. The number of hydrogen-bond donors (Lipinski definition) is 2. The van der Waals surface area contributed by atoms with E-state index in [9.17, 15) is 4.79 Å². The van der Waals surface area contributed by atoms with E-state index in [1.54, 1.807) is 0 Å². The van der Waals surface area contributed by atoms with Crippen LogP contribution in [0.1, 0.15) is 12.0 Å². The monoisotopic (exact) mass is 292 g/mol. The first-order valence-electron chi connectivity index (χ1n) is 5.98. The average Bonchev–Trinajstić information content (AvgIpc) is 2.60. The van der Waals surface area contributed by atoms with Crippen LogP contribution in [0.4, 0.5) is 5.69 Å². The number of anilines is 1. The highest BCUT2D eigenvalue weighted by Gasteiger charge is 2.22. The molecule has 0 bridgehead atoms. The summed E-state index contributed by atoms with van der Waals surface area (Å²) in [6, 6.07) is 5.85. The summed E-state index contributed by atoms with van der Waals surface area (Å²) in [5.74, 6) is 0.729. The van der Waals surface area contributed by atoms with Gasteiger partial charge in [-0.05, 0) is 30.2 Å². The number of carbonyl (C=O) groups excluding carboxylic acids is 1. The van der Waals surface area contributed by atoms with Gasteiger partial charge in [0.1, 0.15) is 10.1 Å². The molecule has 4 nitrogen and oxygen atoms in total. The Morgan fingerprint density at radius 2 is 2.32 bits per heavy atom. The summed E-state index contributed by atoms with van der Waals surface area (Å²) < 4.78 is 6.13. The van der Waals surface area contributed by atoms with Gasteiger partial charge in [0.05, 0.1) is 17.2 Å². The Bertz CT molecular complexity index is 584. The highest BCUT2D eigenvalue weighted by Crippen LogP contribution is 2.31. The summed E-state index contributed by atoms with van der Waals surface area (Å²) in [5, 5.41) is 5.93. The fourth-order valence-electron chi connectivity index (χ4n) is 1.95. The third-order valence-electron chi connectivity index (χ3n) is 2.84. The molecule has 2 aliphatic heterocycles. The van der Waals surface area contributed by atoms with Gasteiger partial charge >= 0.3 is 0 Å². The van der Waals surface area contributed by atoms with Crippen LogP contribution in [0, 0.1) is 0 Å². The lowest BCUT2D eigenvalue weighted by Gasteiger charge is -2.08. The summed E-state index contributed by atoms with van der Waals surface area (Å²) in [7, 11) is 0. The number of carbonyl (C=O) groups is 1. The lowest BCUT2D eigenvalue weighted by Crippen LogP contribution is -2.17. The average molecular weight is 292 g/mol. The zero-order chi connectivity index (χ0) is 13.2. The molecule has 19 heavy (non-hydrogen) atoms. The number of ether oxygens (including phenoxy) is 1. The smallest absolute Gasteiger partial charge is 0.263 e. The third kappa shape index (κ3) is 2.74. The predicted octanol–water partition coefficient (Wildman–Crippen LogP) is 2.37. The molecule has 2 aliphatic rings. The minimum absolute atomic E-state index is 0.130. The van der Waals surface area contributed by atoms with Crippen molar-refractivity contribution in [3.05, 3.63) is 28.7 Å². The van der Waals surface area contributed by atoms with Gasteiger partial charge in [-0.15, -0.1) is 0 Å². The van der Waals surface area contributed by atoms with Gasteiger partial charge in [-0.1, -0.05) is 30.0 Å². The van der Waals surface area contributed by atoms with Crippen LogP contribution in [0.2, 0.25) is 0 Å². The van der Waals surface area contributed by atoms with Crippen molar-refractivity contribution in [1.82, 2.24) is 5.32 Å². The number of thiocarbonyl (C=S) groups is 1. The lowest BCUT2D eigenvalue weighted by atomic mass is 10.1. The second-order valence-corrected chi connectivity index (χ2v) is 5.96. The van der Waals surface area contributed by atoms with Crippen LogP contribution in [-0.4, -0.2) is 23.4 Å². The molecule has 1 aromatic rings. The molecule has 98 valence electrons. The van der Waals surface area contributed by atoms with Crippen LogP contribution < -0.4 is 15.4 Å². The van der Waals surface area contributed by atoms with E-state index in [2.05, 4.69) is 10.6 Å². The zero-order valence-electron chi connectivity index (χ0n) is 10.1. The Kier molecular flexibility index (Phi) is 3.44. The SMILES string of the molecule is O=C1NC(=S)S/C1=C\c1ccc2c(c1)NCCCO2. The number of thioether (sulfide) groups is 1. The van der Waals surface area contributed by atoms with E-state index in [0.29, 0.717) is 9.23 Å². The van der Waals surface area contributed by atoms with Gasteiger partial charge in [-0.25, -0.2) is 0 Å². The molecule has 2 heterocycles. The Hall–Kier alpha value is -1.53. The minimum Gasteiger partial charge on any atom is -0.491 e. The Morgan fingerprint density at radius 1 is 1.42 bits per heavy atom. The van der Waals surface area contributed by atoms with Gasteiger partial charge in [0.2, 0.25) is 0 Å². The van der Waals surface area contributed by atoms with E-state index in [4.69, 9.17) is 17.0 Å². The summed E-state index contributed by atoms with van der Waals surface area (Å²) in [5.41, 5.74) is 1.93. The van der Waals surface area contributed by atoms with E-state index in [0.717, 1.165) is 36.6 Å². The summed E-state index contributed by atoms with van der Waals surface area (Å²) in [6.07, 6.45) is 2.82. The second-order valence-electron chi connectivity index (χ2n) is 4.24. The molecule has 1 fully saturated rings. The molecule has 0 aromatic heterocycles. The van der Waals surface area contributed by atoms with Crippen molar-refractivity contribution in [2.75, 3.05) is 18.5 Å². The van der Waals surface area contributed by atoms with E-state index in [1.807, 2.05) is 24.3 Å². The second kappa shape index (κ2) is 5.22. The number of nitrogens with one attached hydrogen (secondary N) is 2. The molecule has 0 spiro atoms. The number of hydrogen-bond acceptors (Lipinski definition) is 5. The van der Waals surface area contributed by atoms with Gasteiger partial charge in [0.15, 0.2) is 0 Å². The fourth-order valence-corrected chi connectivity index (χ4v) is 3.00. The van der Waals surface area contributed by atoms with Crippen LogP contribution in [0.3, 0.4) is 0 Å². The van der Waals surface area contributed by atoms with E-state index >= 15 is 0 Å². The standard InChI is InChI=1S/C13H12N2O2S2/c16-12-11(19-13(18)15-12)7-8-2-3-10-9(6-8)14-4-1-5-17-10/h2-3,6-7,14H,1,4-5H2,(H,15,16,18)/b11-7-. The van der Waals surface area contributed by atoms with Gasteiger partial charge in [-0.3, -0.25) is 4.79 Å². The molecule has 0 unspecified atom stereocenters. The normalized spacial score (nSPS) is 20.3. The highest BCUT2D eigenvalue weighted by atomic mass is 32.2. The van der Waals surface area contributed by atoms with Crippen molar-refractivity contribution < 1.29 is 9.53 Å². The van der Waals surface area contributed by atoms with Crippen LogP contribution >= 0.6 is 24.0 Å². The maximum Gasteiger partial charge on any atom is 0.263 e. The molecule has 2 N–H and O–H groups in total. The molecule has 0 atom stereocenters. The van der Waals surface area contributed by atoms with Crippen molar-refractivity contribution in [3.63, 3.8) is 0 Å². The molecular weight excluding hydrogens is 280 g/mol. The highest BCUT2D eigenvalue weighted by molar-refractivity contribution is 8.26. The molecule has 0 saturated carbocycles. The summed E-state index contributed by atoms with van der Waals surface area (Å²) >= 11 is 6.25. The predicted molar refractivity (Wildman–Crippen MR) is 81.4 cm³/mol. The number of amides is 1. The van der Waals surface area contributed by atoms with Crippen molar-refractivity contribution >= 4 is 46.0 Å². The number of rotatable bonds is 1. The topological polar surface area (TPSA) is 50.4 Å². The molecule has 1 aromatic carbocycles. The molecule has 1 amide bonds. The number of fused-ring (bicyclic) bond motifs is 1. The maximum absolute atomic E-state index is 11.6. The molecule has 3 rings (SSSR count).